The second kappa shape index (κ2) is 15.3. The number of rotatable bonds is 15. The van der Waals surface area contributed by atoms with Crippen LogP contribution in [0.5, 0.6) is 11.5 Å². The van der Waals surface area contributed by atoms with E-state index in [1.54, 1.807) is 36.4 Å². The fraction of sp³-hybridized carbons (Fsp3) is 0.517. The average molecular weight is 501 g/mol. The molecule has 0 aliphatic rings. The van der Waals surface area contributed by atoms with Crippen molar-refractivity contribution in [2.24, 2.45) is 11.3 Å². The molecular formula is C29H40O7. The van der Waals surface area contributed by atoms with E-state index in [2.05, 4.69) is 27.7 Å². The quantitative estimate of drug-likeness (QED) is 0.178. The van der Waals surface area contributed by atoms with Crippen molar-refractivity contribution in [1.82, 2.24) is 0 Å². The lowest BCUT2D eigenvalue weighted by atomic mass is 9.78. The summed E-state index contributed by atoms with van der Waals surface area (Å²) in [4.78, 5) is 24.5. The molecule has 0 aliphatic carbocycles. The van der Waals surface area contributed by atoms with E-state index >= 15 is 0 Å². The molecule has 0 amide bonds. The molecule has 7 heteroatoms. The Morgan fingerprint density at radius 3 is 1.92 bits per heavy atom. The Balaban J connectivity index is 1.53. The summed E-state index contributed by atoms with van der Waals surface area (Å²) in [5.74, 6) is 0.472. The molecule has 1 atom stereocenters. The summed E-state index contributed by atoms with van der Waals surface area (Å²) in [5.41, 5.74) is 1.43. The molecule has 0 radical (unpaired) electrons. The summed E-state index contributed by atoms with van der Waals surface area (Å²) in [6.45, 7) is 12.4. The van der Waals surface area contributed by atoms with Crippen LogP contribution in [0.1, 0.15) is 56.5 Å². The summed E-state index contributed by atoms with van der Waals surface area (Å²) in [6.07, 6.45) is 1.77. The van der Waals surface area contributed by atoms with E-state index in [9.17, 15) is 9.59 Å². The van der Waals surface area contributed by atoms with Crippen molar-refractivity contribution in [3.63, 3.8) is 0 Å². The molecule has 0 aromatic heterocycles. The second-order valence-electron chi connectivity index (χ2n) is 9.67. The molecule has 0 spiro atoms. The lowest BCUT2D eigenvalue weighted by Crippen LogP contribution is -2.31. The first-order valence-corrected chi connectivity index (χ1v) is 12.5. The van der Waals surface area contributed by atoms with Crippen molar-refractivity contribution < 1.29 is 33.3 Å². The van der Waals surface area contributed by atoms with E-state index < -0.39 is 5.97 Å². The molecule has 7 nitrogen and oxygen atoms in total. The van der Waals surface area contributed by atoms with Gasteiger partial charge in [-0.25, -0.2) is 4.79 Å². The molecule has 0 saturated heterocycles. The van der Waals surface area contributed by atoms with Crippen LogP contribution in [-0.2, 0) is 19.0 Å². The maximum atomic E-state index is 12.3. The van der Waals surface area contributed by atoms with Crippen molar-refractivity contribution in [2.75, 3.05) is 39.6 Å². The molecule has 2 rings (SSSR count). The minimum absolute atomic E-state index is 0.102. The second-order valence-corrected chi connectivity index (χ2v) is 9.67. The van der Waals surface area contributed by atoms with Crippen LogP contribution in [0, 0.1) is 18.3 Å². The maximum Gasteiger partial charge on any atom is 0.343 e. The van der Waals surface area contributed by atoms with E-state index in [-0.39, 0.29) is 23.9 Å². The number of ether oxygens (including phenoxy) is 5. The highest BCUT2D eigenvalue weighted by Crippen LogP contribution is 2.30. The molecule has 2 aromatic carbocycles. The zero-order chi connectivity index (χ0) is 26.4. The molecule has 2 aromatic rings. The number of hydrogen-bond acceptors (Lipinski definition) is 7. The van der Waals surface area contributed by atoms with E-state index in [0.717, 1.165) is 18.4 Å². The van der Waals surface area contributed by atoms with Crippen LogP contribution in [0.15, 0.2) is 48.5 Å². The van der Waals surface area contributed by atoms with Crippen molar-refractivity contribution >= 4 is 11.9 Å². The Morgan fingerprint density at radius 2 is 1.33 bits per heavy atom. The fourth-order valence-corrected chi connectivity index (χ4v) is 3.49. The van der Waals surface area contributed by atoms with Crippen molar-refractivity contribution in [3.05, 3.63) is 59.7 Å². The van der Waals surface area contributed by atoms with Gasteiger partial charge in [-0.1, -0.05) is 51.8 Å². The van der Waals surface area contributed by atoms with Gasteiger partial charge in [0.05, 0.1) is 37.9 Å². The number of aryl methyl sites for hydroxylation is 1. The normalized spacial score (nSPS) is 12.1. The molecule has 0 N–H and O–H groups in total. The van der Waals surface area contributed by atoms with E-state index in [1.807, 2.05) is 19.1 Å². The van der Waals surface area contributed by atoms with E-state index in [1.165, 1.54) is 0 Å². The summed E-state index contributed by atoms with van der Waals surface area (Å²) >= 11 is 0. The summed E-state index contributed by atoms with van der Waals surface area (Å²) in [5, 5.41) is 0. The molecule has 0 heterocycles. The van der Waals surface area contributed by atoms with Crippen LogP contribution < -0.4 is 9.47 Å². The number of carbonyl (C=O) groups excluding carboxylic acids is 2. The number of hydrogen-bond donors (Lipinski definition) is 0. The molecule has 36 heavy (non-hydrogen) atoms. The topological polar surface area (TPSA) is 80.3 Å². The molecule has 0 bridgehead atoms. The fourth-order valence-electron chi connectivity index (χ4n) is 3.49. The first-order chi connectivity index (χ1) is 17.2. The van der Waals surface area contributed by atoms with Crippen LogP contribution in [-0.4, -0.2) is 51.6 Å². The zero-order valence-corrected chi connectivity index (χ0v) is 22.2. The number of carbonyl (C=O) groups is 2. The smallest absolute Gasteiger partial charge is 0.343 e. The Hall–Kier alpha value is -2.90. The van der Waals surface area contributed by atoms with Gasteiger partial charge in [0.2, 0.25) is 0 Å². The van der Waals surface area contributed by atoms with Crippen LogP contribution in [0.25, 0.3) is 0 Å². The van der Waals surface area contributed by atoms with Gasteiger partial charge in [-0.3, -0.25) is 4.79 Å². The standard InChI is InChI=1S/C29H40O7/c1-6-7-26(29(3,4)5)28(31)35-21-19-33-17-16-32-18-20-34-24-14-10-23(11-15-24)27(30)36-25-12-8-22(2)9-13-25/h8-15,26H,6-7,16-21H2,1-5H3. The summed E-state index contributed by atoms with van der Waals surface area (Å²) in [7, 11) is 0. The Kier molecular flexibility index (Phi) is 12.4. The largest absolute Gasteiger partial charge is 0.491 e. The first-order valence-electron chi connectivity index (χ1n) is 12.5. The lowest BCUT2D eigenvalue weighted by Gasteiger charge is -2.28. The van der Waals surface area contributed by atoms with Crippen LogP contribution in [0.4, 0.5) is 0 Å². The molecule has 1 unspecified atom stereocenters. The Morgan fingerprint density at radius 1 is 0.778 bits per heavy atom. The highest BCUT2D eigenvalue weighted by Gasteiger charge is 2.31. The van der Waals surface area contributed by atoms with Gasteiger partial charge in [0.25, 0.3) is 0 Å². The van der Waals surface area contributed by atoms with E-state index in [0.29, 0.717) is 50.1 Å². The third-order valence-corrected chi connectivity index (χ3v) is 5.57. The molecule has 0 aliphatic heterocycles. The van der Waals surface area contributed by atoms with Crippen molar-refractivity contribution in [3.8, 4) is 11.5 Å². The monoisotopic (exact) mass is 500 g/mol. The van der Waals surface area contributed by atoms with Gasteiger partial charge in [-0.2, -0.15) is 0 Å². The predicted octanol–water partition coefficient (Wildman–Crippen LogP) is 5.63. The minimum atomic E-state index is -0.418. The van der Waals surface area contributed by atoms with Gasteiger partial charge in [0.1, 0.15) is 24.7 Å². The SMILES string of the molecule is CCCC(C(=O)OCCOCCOCCOc1ccc(C(=O)Oc2ccc(C)cc2)cc1)C(C)(C)C. The zero-order valence-electron chi connectivity index (χ0n) is 22.2. The predicted molar refractivity (Wildman–Crippen MR) is 139 cm³/mol. The molecular weight excluding hydrogens is 460 g/mol. The third kappa shape index (κ3) is 10.8. The van der Waals surface area contributed by atoms with Crippen molar-refractivity contribution in [1.29, 1.82) is 0 Å². The lowest BCUT2D eigenvalue weighted by molar-refractivity contribution is -0.154. The Labute approximate surface area is 215 Å². The average Bonchev–Trinajstić information content (AvgIpc) is 2.84. The third-order valence-electron chi connectivity index (χ3n) is 5.57. The van der Waals surface area contributed by atoms with Gasteiger partial charge in [-0.05, 0) is 55.2 Å². The van der Waals surface area contributed by atoms with Gasteiger partial charge in [-0.15, -0.1) is 0 Å². The molecule has 0 saturated carbocycles. The first kappa shape index (κ1) is 29.3. The van der Waals surface area contributed by atoms with Crippen LogP contribution >= 0.6 is 0 Å². The van der Waals surface area contributed by atoms with Gasteiger partial charge in [0.15, 0.2) is 0 Å². The number of esters is 2. The maximum absolute atomic E-state index is 12.3. The van der Waals surface area contributed by atoms with Gasteiger partial charge < -0.3 is 23.7 Å². The van der Waals surface area contributed by atoms with Gasteiger partial charge >= 0.3 is 11.9 Å². The van der Waals surface area contributed by atoms with E-state index in [4.69, 9.17) is 23.7 Å². The van der Waals surface area contributed by atoms with Crippen LogP contribution in [0.2, 0.25) is 0 Å². The van der Waals surface area contributed by atoms with Crippen LogP contribution in [0.3, 0.4) is 0 Å². The molecule has 198 valence electrons. The summed E-state index contributed by atoms with van der Waals surface area (Å²) < 4.78 is 27.4. The minimum Gasteiger partial charge on any atom is -0.491 e. The number of benzene rings is 2. The molecule has 0 fully saturated rings. The summed E-state index contributed by atoms with van der Waals surface area (Å²) in [6, 6.07) is 14.1. The van der Waals surface area contributed by atoms with Crippen molar-refractivity contribution in [2.45, 2.75) is 47.5 Å². The van der Waals surface area contributed by atoms with Gasteiger partial charge in [0, 0.05) is 0 Å². The highest BCUT2D eigenvalue weighted by molar-refractivity contribution is 5.91. The Bertz CT molecular complexity index is 914. The highest BCUT2D eigenvalue weighted by atomic mass is 16.6.